The van der Waals surface area contributed by atoms with E-state index in [0.717, 1.165) is 56.5 Å². The Hall–Kier alpha value is -2.47. The smallest absolute Gasteiger partial charge is 0.227 e. The van der Waals surface area contributed by atoms with Gasteiger partial charge < -0.3 is 15.5 Å². The molecule has 1 aromatic heterocycles. The van der Waals surface area contributed by atoms with Gasteiger partial charge in [0.25, 0.3) is 0 Å². The van der Waals surface area contributed by atoms with Gasteiger partial charge in [-0.15, -0.1) is 0 Å². The van der Waals surface area contributed by atoms with Crippen LogP contribution in [0.15, 0.2) is 35.5 Å². The van der Waals surface area contributed by atoms with Crippen molar-refractivity contribution in [3.05, 3.63) is 41.6 Å². The molecule has 1 aromatic carbocycles. The maximum Gasteiger partial charge on any atom is 0.227 e. The first-order chi connectivity index (χ1) is 12.3. The summed E-state index contributed by atoms with van der Waals surface area (Å²) in [6.07, 6.45) is 6.05. The van der Waals surface area contributed by atoms with Crippen molar-refractivity contribution in [1.82, 2.24) is 15.3 Å². The van der Waals surface area contributed by atoms with Crippen LogP contribution in [0.3, 0.4) is 0 Å². The minimum absolute atomic E-state index is 0.597. The van der Waals surface area contributed by atoms with Gasteiger partial charge in [0.05, 0.1) is 6.54 Å². The largest absolute Gasteiger partial charge is 0.340 e. The lowest BCUT2D eigenvalue weighted by Gasteiger charge is -2.20. The summed E-state index contributed by atoms with van der Waals surface area (Å²) in [6.45, 7) is 5.92. The van der Waals surface area contributed by atoms with Crippen LogP contribution in [-0.2, 0) is 6.54 Å². The molecule has 3 heterocycles. The molecule has 1 fully saturated rings. The number of nitrogens with one attached hydrogen (secondary N) is 2. The summed E-state index contributed by atoms with van der Waals surface area (Å²) >= 11 is 0. The first kappa shape index (κ1) is 16.0. The molecule has 25 heavy (non-hydrogen) atoms. The Bertz CT molecular complexity index is 772. The van der Waals surface area contributed by atoms with E-state index in [1.807, 2.05) is 18.5 Å². The SMILES string of the molecule is CCC1CCN(c2nccc(Nc3ccc4c(c3)C=NC4)n2)CCN1. The normalized spacial score (nSPS) is 19.6. The van der Waals surface area contributed by atoms with Crippen LogP contribution >= 0.6 is 0 Å². The van der Waals surface area contributed by atoms with Crippen LogP contribution in [0.2, 0.25) is 0 Å². The van der Waals surface area contributed by atoms with E-state index in [-0.39, 0.29) is 0 Å². The van der Waals surface area contributed by atoms with E-state index in [1.165, 1.54) is 11.1 Å². The number of rotatable bonds is 4. The molecule has 0 bridgehead atoms. The van der Waals surface area contributed by atoms with Crippen LogP contribution in [0.1, 0.15) is 30.9 Å². The van der Waals surface area contributed by atoms with Crippen LogP contribution in [0.25, 0.3) is 0 Å². The van der Waals surface area contributed by atoms with Gasteiger partial charge in [-0.05, 0) is 42.2 Å². The van der Waals surface area contributed by atoms with E-state index in [1.54, 1.807) is 0 Å². The van der Waals surface area contributed by atoms with Gasteiger partial charge in [-0.2, -0.15) is 4.98 Å². The highest BCUT2D eigenvalue weighted by Crippen LogP contribution is 2.22. The molecule has 130 valence electrons. The van der Waals surface area contributed by atoms with E-state index in [2.05, 4.69) is 50.6 Å². The van der Waals surface area contributed by atoms with Crippen molar-refractivity contribution in [3.63, 3.8) is 0 Å². The van der Waals surface area contributed by atoms with Crippen LogP contribution in [0.4, 0.5) is 17.5 Å². The molecule has 1 atom stereocenters. The third kappa shape index (κ3) is 3.64. The lowest BCUT2D eigenvalue weighted by Crippen LogP contribution is -2.30. The minimum atomic E-state index is 0.597. The predicted octanol–water partition coefficient (Wildman–Crippen LogP) is 2.73. The van der Waals surface area contributed by atoms with Gasteiger partial charge in [0.1, 0.15) is 5.82 Å². The topological polar surface area (TPSA) is 65.4 Å². The molecule has 4 rings (SSSR count). The van der Waals surface area contributed by atoms with Crippen molar-refractivity contribution >= 4 is 23.7 Å². The molecule has 1 saturated heterocycles. The van der Waals surface area contributed by atoms with Gasteiger partial charge in [0.15, 0.2) is 0 Å². The first-order valence-electron chi connectivity index (χ1n) is 9.03. The average Bonchev–Trinajstić information content (AvgIpc) is 2.97. The maximum atomic E-state index is 4.72. The molecule has 6 nitrogen and oxygen atoms in total. The molecule has 0 amide bonds. The van der Waals surface area contributed by atoms with Crippen molar-refractivity contribution in [2.24, 2.45) is 4.99 Å². The van der Waals surface area contributed by atoms with Crippen LogP contribution in [0, 0.1) is 0 Å². The zero-order valence-electron chi connectivity index (χ0n) is 14.6. The third-order valence-corrected chi connectivity index (χ3v) is 4.89. The number of hydrogen-bond donors (Lipinski definition) is 2. The highest BCUT2D eigenvalue weighted by Gasteiger charge is 2.17. The second-order valence-corrected chi connectivity index (χ2v) is 6.59. The molecular weight excluding hydrogens is 312 g/mol. The first-order valence-corrected chi connectivity index (χ1v) is 9.03. The number of benzene rings is 1. The summed E-state index contributed by atoms with van der Waals surface area (Å²) in [6, 6.07) is 8.83. The second-order valence-electron chi connectivity index (χ2n) is 6.59. The van der Waals surface area contributed by atoms with Crippen molar-refractivity contribution in [3.8, 4) is 0 Å². The molecule has 2 aliphatic rings. The summed E-state index contributed by atoms with van der Waals surface area (Å²) in [5, 5.41) is 6.98. The summed E-state index contributed by atoms with van der Waals surface area (Å²) in [5.41, 5.74) is 3.49. The molecule has 0 spiro atoms. The summed E-state index contributed by atoms with van der Waals surface area (Å²) in [5.74, 6) is 1.62. The van der Waals surface area contributed by atoms with Gasteiger partial charge >= 0.3 is 0 Å². The van der Waals surface area contributed by atoms with E-state index >= 15 is 0 Å². The Balaban J connectivity index is 1.48. The molecule has 0 aliphatic carbocycles. The second kappa shape index (κ2) is 7.19. The van der Waals surface area contributed by atoms with Crippen LogP contribution < -0.4 is 15.5 Å². The predicted molar refractivity (Wildman–Crippen MR) is 102 cm³/mol. The lowest BCUT2D eigenvalue weighted by atomic mass is 10.1. The van der Waals surface area contributed by atoms with Gasteiger partial charge in [-0.1, -0.05) is 13.0 Å². The van der Waals surface area contributed by atoms with Gasteiger partial charge in [-0.25, -0.2) is 4.98 Å². The Morgan fingerprint density at radius 3 is 3.16 bits per heavy atom. The number of aromatic nitrogens is 2. The number of aliphatic imine (C=N–C) groups is 1. The molecule has 0 saturated carbocycles. The van der Waals surface area contributed by atoms with E-state index < -0.39 is 0 Å². The fourth-order valence-corrected chi connectivity index (χ4v) is 3.38. The number of nitrogens with zero attached hydrogens (tertiary/aromatic N) is 4. The number of anilines is 3. The van der Waals surface area contributed by atoms with Crippen molar-refractivity contribution in [1.29, 1.82) is 0 Å². The third-order valence-electron chi connectivity index (χ3n) is 4.89. The number of hydrogen-bond acceptors (Lipinski definition) is 6. The molecular formula is C19H24N6. The highest BCUT2D eigenvalue weighted by atomic mass is 15.3. The fourth-order valence-electron chi connectivity index (χ4n) is 3.38. The Kier molecular flexibility index (Phi) is 4.61. The van der Waals surface area contributed by atoms with E-state index in [0.29, 0.717) is 6.04 Å². The van der Waals surface area contributed by atoms with Crippen LogP contribution in [-0.4, -0.2) is 41.9 Å². The molecule has 6 heteroatoms. The lowest BCUT2D eigenvalue weighted by molar-refractivity contribution is 0.509. The summed E-state index contributed by atoms with van der Waals surface area (Å²) in [4.78, 5) is 15.8. The quantitative estimate of drug-likeness (QED) is 0.899. The zero-order valence-corrected chi connectivity index (χ0v) is 14.6. The minimum Gasteiger partial charge on any atom is -0.340 e. The van der Waals surface area contributed by atoms with Crippen molar-refractivity contribution < 1.29 is 0 Å². The molecule has 2 aromatic rings. The number of fused-ring (bicyclic) bond motifs is 1. The summed E-state index contributed by atoms with van der Waals surface area (Å²) < 4.78 is 0. The van der Waals surface area contributed by atoms with Gasteiger partial charge in [0, 0.05) is 43.8 Å². The van der Waals surface area contributed by atoms with E-state index in [4.69, 9.17) is 4.98 Å². The Morgan fingerprint density at radius 1 is 1.28 bits per heavy atom. The van der Waals surface area contributed by atoms with Crippen LogP contribution in [0.5, 0.6) is 0 Å². The average molecular weight is 336 g/mol. The maximum absolute atomic E-state index is 4.72. The standard InChI is InChI=1S/C19H24N6/c1-2-16-6-9-25(10-8-21-16)19-22-7-5-18(24-19)23-17-4-3-14-12-20-13-15(14)11-17/h3-5,7,11,13,16,21H,2,6,8-10,12H2,1H3,(H,22,23,24). The highest BCUT2D eigenvalue weighted by molar-refractivity contribution is 5.86. The van der Waals surface area contributed by atoms with Crippen molar-refractivity contribution in [2.75, 3.05) is 29.9 Å². The molecule has 0 radical (unpaired) electrons. The summed E-state index contributed by atoms with van der Waals surface area (Å²) in [7, 11) is 0. The Labute approximate surface area is 148 Å². The van der Waals surface area contributed by atoms with Gasteiger partial charge in [0.2, 0.25) is 5.95 Å². The molecule has 2 aliphatic heterocycles. The van der Waals surface area contributed by atoms with E-state index in [9.17, 15) is 0 Å². The zero-order chi connectivity index (χ0) is 17.1. The fraction of sp³-hybridized carbons (Fsp3) is 0.421. The molecule has 2 N–H and O–H groups in total. The van der Waals surface area contributed by atoms with Crippen molar-refractivity contribution in [2.45, 2.75) is 32.4 Å². The monoisotopic (exact) mass is 336 g/mol. The van der Waals surface area contributed by atoms with Gasteiger partial charge in [-0.3, -0.25) is 4.99 Å². The Morgan fingerprint density at radius 2 is 2.24 bits per heavy atom. The molecule has 1 unspecified atom stereocenters.